The van der Waals surface area contributed by atoms with Gasteiger partial charge >= 0.3 is 5.97 Å². The molecule has 1 aliphatic rings. The third-order valence-electron chi connectivity index (χ3n) is 5.34. The zero-order chi connectivity index (χ0) is 24.6. The molecule has 3 aromatic rings. The minimum Gasteiger partial charge on any atom is -0.496 e. The number of benzene rings is 1. The number of esters is 1. The van der Waals surface area contributed by atoms with Gasteiger partial charge in [0.15, 0.2) is 10.7 Å². The van der Waals surface area contributed by atoms with E-state index in [9.17, 15) is 9.59 Å². The van der Waals surface area contributed by atoms with Gasteiger partial charge in [0.1, 0.15) is 11.5 Å². The van der Waals surface area contributed by atoms with E-state index < -0.39 is 12.0 Å². The van der Waals surface area contributed by atoms with Gasteiger partial charge in [0, 0.05) is 26.2 Å². The van der Waals surface area contributed by atoms with Crippen LogP contribution in [0, 0.1) is 0 Å². The number of hydrogen-bond donors (Lipinski definition) is 0. The second-order valence-electron chi connectivity index (χ2n) is 7.77. The maximum atomic E-state index is 13.6. The van der Waals surface area contributed by atoms with E-state index in [1.54, 1.807) is 43.7 Å². The van der Waals surface area contributed by atoms with Crippen molar-refractivity contribution in [2.24, 2.45) is 4.99 Å². The topological polar surface area (TPSA) is 86.3 Å². The van der Waals surface area contributed by atoms with Gasteiger partial charge in [0.05, 0.1) is 40.0 Å². The molecule has 0 amide bonds. The Labute approximate surface area is 208 Å². The van der Waals surface area contributed by atoms with Crippen LogP contribution in [0.15, 0.2) is 60.3 Å². The molecule has 0 aliphatic carbocycles. The van der Waals surface area contributed by atoms with E-state index in [1.807, 2.05) is 37.2 Å². The highest BCUT2D eigenvalue weighted by Gasteiger charge is 2.33. The number of thiazole rings is 1. The van der Waals surface area contributed by atoms with Gasteiger partial charge in [0.2, 0.25) is 0 Å². The van der Waals surface area contributed by atoms with Crippen molar-refractivity contribution in [3.8, 4) is 5.75 Å². The van der Waals surface area contributed by atoms with Gasteiger partial charge in [-0.05, 0) is 53.5 Å². The van der Waals surface area contributed by atoms with Crippen LogP contribution in [-0.2, 0) is 9.53 Å². The van der Waals surface area contributed by atoms with E-state index in [-0.39, 0.29) is 12.2 Å². The van der Waals surface area contributed by atoms with Crippen LogP contribution in [0.2, 0.25) is 0 Å². The molecule has 0 bridgehead atoms. The predicted molar refractivity (Wildman–Crippen MR) is 134 cm³/mol. The maximum absolute atomic E-state index is 13.6. The fourth-order valence-electron chi connectivity index (χ4n) is 3.75. The number of carbonyl (C=O) groups excluding carboxylic acids is 1. The monoisotopic (exact) mass is 545 g/mol. The summed E-state index contributed by atoms with van der Waals surface area (Å²) in [6.45, 7) is 3.71. The summed E-state index contributed by atoms with van der Waals surface area (Å²) in [6, 6.07) is 8.41. The Morgan fingerprint density at radius 2 is 2.09 bits per heavy atom. The highest BCUT2D eigenvalue weighted by molar-refractivity contribution is 9.10. The van der Waals surface area contributed by atoms with Crippen LogP contribution in [0.4, 0.5) is 5.88 Å². The van der Waals surface area contributed by atoms with Crippen LogP contribution in [-0.4, -0.2) is 38.3 Å². The van der Waals surface area contributed by atoms with Crippen LogP contribution in [0.1, 0.15) is 31.2 Å². The lowest BCUT2D eigenvalue weighted by atomic mass is 9.96. The zero-order valence-electron chi connectivity index (χ0n) is 19.4. The lowest BCUT2D eigenvalue weighted by molar-refractivity contribution is -0.139. The molecule has 0 spiro atoms. The summed E-state index contributed by atoms with van der Waals surface area (Å²) in [5.74, 6) is 1.38. The second kappa shape index (κ2) is 9.63. The summed E-state index contributed by atoms with van der Waals surface area (Å²) in [4.78, 5) is 33.5. The normalized spacial score (nSPS) is 15.7. The van der Waals surface area contributed by atoms with E-state index in [0.717, 1.165) is 5.56 Å². The van der Waals surface area contributed by atoms with Gasteiger partial charge in [-0.1, -0.05) is 17.4 Å². The number of furan rings is 1. The maximum Gasteiger partial charge on any atom is 0.338 e. The Bertz CT molecular complexity index is 1460. The fourth-order valence-corrected chi connectivity index (χ4v) is 5.33. The highest BCUT2D eigenvalue weighted by Crippen LogP contribution is 2.35. The quantitative estimate of drug-likeness (QED) is 0.442. The number of fused-ring (bicyclic) bond motifs is 1. The molecule has 0 saturated heterocycles. The van der Waals surface area contributed by atoms with E-state index in [2.05, 4.69) is 20.9 Å². The first-order valence-corrected chi connectivity index (χ1v) is 12.2. The molecule has 0 unspecified atom stereocenters. The van der Waals surface area contributed by atoms with Gasteiger partial charge in [-0.2, -0.15) is 0 Å². The van der Waals surface area contributed by atoms with Gasteiger partial charge in [-0.3, -0.25) is 9.36 Å². The molecule has 2 aromatic heterocycles. The van der Waals surface area contributed by atoms with Crippen LogP contribution in [0.25, 0.3) is 6.08 Å². The molecule has 8 nitrogen and oxygen atoms in total. The number of allylic oxidation sites excluding steroid dienone is 1. The Kier molecular flexibility index (Phi) is 6.81. The second-order valence-corrected chi connectivity index (χ2v) is 9.63. The highest BCUT2D eigenvalue weighted by atomic mass is 79.9. The van der Waals surface area contributed by atoms with Crippen molar-refractivity contribution in [1.29, 1.82) is 0 Å². The summed E-state index contributed by atoms with van der Waals surface area (Å²) in [5.41, 5.74) is 1.30. The van der Waals surface area contributed by atoms with Gasteiger partial charge in [0.25, 0.3) is 5.56 Å². The third-order valence-corrected chi connectivity index (χ3v) is 6.94. The van der Waals surface area contributed by atoms with E-state index >= 15 is 0 Å². The third kappa shape index (κ3) is 4.35. The first-order valence-electron chi connectivity index (χ1n) is 10.6. The number of aromatic nitrogens is 1. The van der Waals surface area contributed by atoms with Crippen molar-refractivity contribution in [3.63, 3.8) is 0 Å². The Morgan fingerprint density at radius 3 is 2.71 bits per heavy atom. The molecule has 0 N–H and O–H groups in total. The van der Waals surface area contributed by atoms with E-state index in [1.165, 1.54) is 11.3 Å². The standard InChI is InChI=1S/C24H24BrN3O5S/c1-6-32-23(30)20-13(2)26-24-28(21(20)14-7-9-17(31-5)16(25)11-14)22(29)18(34-24)12-15-8-10-19(33-15)27(3)4/h7-12,21H,6H2,1-5H3/t21-/m1/s1. The molecular weight excluding hydrogens is 522 g/mol. The van der Waals surface area contributed by atoms with Crippen LogP contribution in [0.5, 0.6) is 5.75 Å². The number of carbonyl (C=O) groups is 1. The van der Waals surface area contributed by atoms with Crippen molar-refractivity contribution in [1.82, 2.24) is 4.57 Å². The van der Waals surface area contributed by atoms with Crippen molar-refractivity contribution in [2.75, 3.05) is 32.7 Å². The number of anilines is 1. The van der Waals surface area contributed by atoms with E-state index in [4.69, 9.17) is 13.9 Å². The molecule has 0 saturated carbocycles. The molecule has 0 fully saturated rings. The van der Waals surface area contributed by atoms with Gasteiger partial charge in [-0.25, -0.2) is 9.79 Å². The van der Waals surface area contributed by atoms with Gasteiger partial charge in [-0.15, -0.1) is 0 Å². The predicted octanol–water partition coefficient (Wildman–Crippen LogP) is 3.23. The molecule has 0 radical (unpaired) electrons. The summed E-state index contributed by atoms with van der Waals surface area (Å²) >= 11 is 4.76. The summed E-state index contributed by atoms with van der Waals surface area (Å²) in [7, 11) is 5.33. The number of rotatable bonds is 6. The van der Waals surface area contributed by atoms with Crippen LogP contribution < -0.4 is 24.5 Å². The van der Waals surface area contributed by atoms with Crippen molar-refractivity contribution in [2.45, 2.75) is 19.9 Å². The number of ether oxygens (including phenoxy) is 2. The minimum atomic E-state index is -0.700. The molecule has 4 rings (SSSR count). The first kappa shape index (κ1) is 24.0. The van der Waals surface area contributed by atoms with Crippen molar-refractivity contribution in [3.05, 3.63) is 77.1 Å². The number of halogens is 1. The molecular formula is C24H24BrN3O5S. The summed E-state index contributed by atoms with van der Waals surface area (Å²) in [6.07, 6.45) is 1.70. The van der Waals surface area contributed by atoms with Crippen molar-refractivity contribution >= 4 is 45.2 Å². The average Bonchev–Trinajstić information content (AvgIpc) is 3.38. The molecule has 1 atom stereocenters. The fraction of sp³-hybridized carbons (Fsp3) is 0.292. The molecule has 1 aromatic carbocycles. The average molecular weight is 546 g/mol. The number of nitrogens with zero attached hydrogens (tertiary/aromatic N) is 3. The van der Waals surface area contributed by atoms with Crippen LogP contribution in [0.3, 0.4) is 0 Å². The van der Waals surface area contributed by atoms with Crippen LogP contribution >= 0.6 is 27.3 Å². The molecule has 1 aliphatic heterocycles. The number of methoxy groups -OCH3 is 1. The minimum absolute atomic E-state index is 0.214. The molecule has 34 heavy (non-hydrogen) atoms. The zero-order valence-corrected chi connectivity index (χ0v) is 21.8. The molecule has 178 valence electrons. The largest absolute Gasteiger partial charge is 0.496 e. The summed E-state index contributed by atoms with van der Waals surface area (Å²) in [5, 5.41) is 0. The lowest BCUT2D eigenvalue weighted by Crippen LogP contribution is -2.39. The smallest absolute Gasteiger partial charge is 0.338 e. The van der Waals surface area contributed by atoms with Crippen molar-refractivity contribution < 1.29 is 18.7 Å². The lowest BCUT2D eigenvalue weighted by Gasteiger charge is -2.25. The molecule has 3 heterocycles. The number of hydrogen-bond acceptors (Lipinski definition) is 8. The Balaban J connectivity index is 1.93. The Hall–Kier alpha value is -3.11. The molecule has 10 heteroatoms. The SMILES string of the molecule is CCOC(=O)C1=C(C)N=c2sc(=Cc3ccc(N(C)C)o3)c(=O)n2[C@@H]1c1ccc(OC)c(Br)c1. The summed E-state index contributed by atoms with van der Waals surface area (Å²) < 4.78 is 19.2. The van der Waals surface area contributed by atoms with Gasteiger partial charge < -0.3 is 18.8 Å². The Morgan fingerprint density at radius 1 is 1.32 bits per heavy atom. The first-order chi connectivity index (χ1) is 16.2. The van der Waals surface area contributed by atoms with E-state index in [0.29, 0.717) is 42.5 Å².